The number of rotatable bonds is 8. The molecule has 6 nitrogen and oxygen atoms in total. The second-order valence-corrected chi connectivity index (χ2v) is 9.24. The SMILES string of the molecule is COc1cccc(OC)c1CN1C[C@@H]2[C@H](CNC(=O)CC(C)C)[C@H]3CC[C@]2(C1)O3. The first-order chi connectivity index (χ1) is 14.0. The number of nitrogens with one attached hydrogen (secondary N) is 1. The molecular formula is C23H34N2O4. The number of methoxy groups -OCH3 is 2. The summed E-state index contributed by atoms with van der Waals surface area (Å²) in [6.45, 7) is 7.60. The first-order valence-corrected chi connectivity index (χ1v) is 10.8. The number of benzene rings is 1. The van der Waals surface area contributed by atoms with Crippen molar-refractivity contribution in [1.29, 1.82) is 0 Å². The van der Waals surface area contributed by atoms with Crippen molar-refractivity contribution >= 4 is 5.91 Å². The Kier molecular flexibility index (Phi) is 5.76. The Balaban J connectivity index is 1.44. The molecule has 3 aliphatic rings. The molecule has 1 N–H and O–H groups in total. The summed E-state index contributed by atoms with van der Waals surface area (Å²) in [5, 5.41) is 3.17. The third kappa shape index (κ3) is 3.84. The molecule has 29 heavy (non-hydrogen) atoms. The molecule has 3 fully saturated rings. The Bertz CT molecular complexity index is 730. The van der Waals surface area contributed by atoms with E-state index in [1.54, 1.807) is 14.2 Å². The number of carbonyl (C=O) groups excluding carboxylic acids is 1. The van der Waals surface area contributed by atoms with E-state index in [4.69, 9.17) is 14.2 Å². The number of hydrogen-bond acceptors (Lipinski definition) is 5. The number of amides is 1. The van der Waals surface area contributed by atoms with Gasteiger partial charge in [-0.3, -0.25) is 9.69 Å². The third-order valence-electron chi connectivity index (χ3n) is 6.89. The van der Waals surface area contributed by atoms with E-state index in [1.807, 2.05) is 18.2 Å². The zero-order valence-corrected chi connectivity index (χ0v) is 18.1. The van der Waals surface area contributed by atoms with E-state index in [2.05, 4.69) is 24.1 Å². The summed E-state index contributed by atoms with van der Waals surface area (Å²) >= 11 is 0. The third-order valence-corrected chi connectivity index (χ3v) is 6.89. The minimum Gasteiger partial charge on any atom is -0.496 e. The normalized spacial score (nSPS) is 30.6. The Labute approximate surface area is 173 Å². The maximum absolute atomic E-state index is 12.2. The molecule has 1 aromatic rings. The van der Waals surface area contributed by atoms with Gasteiger partial charge in [-0.2, -0.15) is 0 Å². The molecule has 6 heteroatoms. The smallest absolute Gasteiger partial charge is 0.220 e. The molecule has 3 heterocycles. The number of likely N-dealkylation sites (tertiary alicyclic amines) is 1. The highest BCUT2D eigenvalue weighted by atomic mass is 16.5. The van der Waals surface area contributed by atoms with Crippen molar-refractivity contribution in [2.24, 2.45) is 17.8 Å². The van der Waals surface area contributed by atoms with Gasteiger partial charge in [0.25, 0.3) is 0 Å². The standard InChI is InChI=1S/C23H34N2O4/c1-15(2)10-22(26)24-11-16-18-13-25(14-23(18)9-8-21(16)29-23)12-17-19(27-3)6-5-7-20(17)28-4/h5-7,15-16,18,21H,8-14H2,1-4H3,(H,24,26)/t16-,18+,21+,23+/m0/s1. The van der Waals surface area contributed by atoms with Gasteiger partial charge in [-0.25, -0.2) is 0 Å². The van der Waals surface area contributed by atoms with Gasteiger partial charge in [0.05, 0.1) is 31.5 Å². The van der Waals surface area contributed by atoms with Gasteiger partial charge in [-0.05, 0) is 30.9 Å². The van der Waals surface area contributed by atoms with Gasteiger partial charge < -0.3 is 19.5 Å². The second kappa shape index (κ2) is 8.15. The lowest BCUT2D eigenvalue weighted by Crippen LogP contribution is -2.42. The summed E-state index contributed by atoms with van der Waals surface area (Å²) in [5.41, 5.74) is 1.04. The zero-order valence-electron chi connectivity index (χ0n) is 18.1. The van der Waals surface area contributed by atoms with E-state index in [0.717, 1.165) is 56.1 Å². The van der Waals surface area contributed by atoms with Gasteiger partial charge in [-0.1, -0.05) is 19.9 Å². The van der Waals surface area contributed by atoms with Crippen molar-refractivity contribution in [3.8, 4) is 11.5 Å². The summed E-state index contributed by atoms with van der Waals surface area (Å²) in [5.74, 6) is 3.15. The van der Waals surface area contributed by atoms with Crippen molar-refractivity contribution in [2.75, 3.05) is 33.9 Å². The van der Waals surface area contributed by atoms with Crippen LogP contribution in [0.15, 0.2) is 18.2 Å². The molecule has 0 aromatic heterocycles. The first-order valence-electron chi connectivity index (χ1n) is 10.8. The highest BCUT2D eigenvalue weighted by molar-refractivity contribution is 5.76. The Morgan fingerprint density at radius 3 is 2.69 bits per heavy atom. The number of nitrogens with zero attached hydrogens (tertiary/aromatic N) is 1. The summed E-state index contributed by atoms with van der Waals surface area (Å²) in [6, 6.07) is 5.93. The number of hydrogen-bond donors (Lipinski definition) is 1. The Hall–Kier alpha value is -1.79. The predicted molar refractivity (Wildman–Crippen MR) is 111 cm³/mol. The van der Waals surface area contributed by atoms with Crippen molar-refractivity contribution in [3.63, 3.8) is 0 Å². The summed E-state index contributed by atoms with van der Waals surface area (Å²) in [7, 11) is 3.41. The molecule has 0 aliphatic carbocycles. The van der Waals surface area contributed by atoms with Crippen molar-refractivity contribution < 1.29 is 19.0 Å². The van der Waals surface area contributed by atoms with Crippen LogP contribution in [0.5, 0.6) is 11.5 Å². The monoisotopic (exact) mass is 402 g/mol. The summed E-state index contributed by atoms with van der Waals surface area (Å²) in [6.07, 6.45) is 3.11. The van der Waals surface area contributed by atoms with Gasteiger partial charge in [0.1, 0.15) is 11.5 Å². The molecule has 2 bridgehead atoms. The molecule has 4 rings (SSSR count). The number of fused-ring (bicyclic) bond motifs is 1. The quantitative estimate of drug-likeness (QED) is 0.725. The highest BCUT2D eigenvalue weighted by Gasteiger charge is 2.62. The lowest BCUT2D eigenvalue weighted by atomic mass is 9.73. The van der Waals surface area contributed by atoms with E-state index in [1.165, 1.54) is 0 Å². The lowest BCUT2D eigenvalue weighted by molar-refractivity contribution is -0.122. The largest absolute Gasteiger partial charge is 0.496 e. The zero-order chi connectivity index (χ0) is 20.6. The first kappa shape index (κ1) is 20.5. The van der Waals surface area contributed by atoms with Gasteiger partial charge in [0, 0.05) is 44.4 Å². The number of ether oxygens (including phenoxy) is 3. The van der Waals surface area contributed by atoms with Crippen molar-refractivity contribution in [2.45, 2.75) is 51.4 Å². The van der Waals surface area contributed by atoms with Crippen LogP contribution < -0.4 is 14.8 Å². The molecule has 0 unspecified atom stereocenters. The van der Waals surface area contributed by atoms with Crippen LogP contribution in [0.3, 0.4) is 0 Å². The average molecular weight is 403 g/mol. The average Bonchev–Trinajstić information content (AvgIpc) is 3.34. The summed E-state index contributed by atoms with van der Waals surface area (Å²) < 4.78 is 17.7. The second-order valence-electron chi connectivity index (χ2n) is 9.24. The van der Waals surface area contributed by atoms with Crippen molar-refractivity contribution in [1.82, 2.24) is 10.2 Å². The number of carbonyl (C=O) groups is 1. The fourth-order valence-corrected chi connectivity index (χ4v) is 5.66. The molecular weight excluding hydrogens is 368 g/mol. The van der Waals surface area contributed by atoms with E-state index >= 15 is 0 Å². The lowest BCUT2D eigenvalue weighted by Gasteiger charge is -2.29. The fraction of sp³-hybridized carbons (Fsp3) is 0.696. The molecule has 1 aromatic carbocycles. The van der Waals surface area contributed by atoms with Crippen LogP contribution in [-0.2, 0) is 16.1 Å². The maximum atomic E-state index is 12.2. The van der Waals surface area contributed by atoms with Crippen LogP contribution in [0, 0.1) is 17.8 Å². The molecule has 0 saturated carbocycles. The molecule has 1 amide bonds. The predicted octanol–water partition coefficient (Wildman–Crippen LogP) is 2.85. The van der Waals surface area contributed by atoms with Gasteiger partial charge in [0.2, 0.25) is 5.91 Å². The molecule has 1 spiro atoms. The van der Waals surface area contributed by atoms with Gasteiger partial charge >= 0.3 is 0 Å². The Morgan fingerprint density at radius 1 is 1.31 bits per heavy atom. The molecule has 0 radical (unpaired) electrons. The van der Waals surface area contributed by atoms with Crippen LogP contribution in [0.25, 0.3) is 0 Å². The Morgan fingerprint density at radius 2 is 2.03 bits per heavy atom. The fourth-order valence-electron chi connectivity index (χ4n) is 5.66. The van der Waals surface area contributed by atoms with E-state index in [0.29, 0.717) is 30.3 Å². The summed E-state index contributed by atoms with van der Waals surface area (Å²) in [4.78, 5) is 14.6. The minimum absolute atomic E-state index is 0.0483. The van der Waals surface area contributed by atoms with Gasteiger partial charge in [0.15, 0.2) is 0 Å². The van der Waals surface area contributed by atoms with Gasteiger partial charge in [-0.15, -0.1) is 0 Å². The molecule has 4 atom stereocenters. The minimum atomic E-state index is -0.0483. The molecule has 160 valence electrons. The van der Waals surface area contributed by atoms with E-state index < -0.39 is 0 Å². The maximum Gasteiger partial charge on any atom is 0.220 e. The molecule has 3 saturated heterocycles. The van der Waals surface area contributed by atoms with Crippen LogP contribution in [0.2, 0.25) is 0 Å². The van der Waals surface area contributed by atoms with Crippen LogP contribution in [0.4, 0.5) is 0 Å². The topological polar surface area (TPSA) is 60.0 Å². The van der Waals surface area contributed by atoms with Crippen LogP contribution in [0.1, 0.15) is 38.7 Å². The van der Waals surface area contributed by atoms with Crippen LogP contribution in [-0.4, -0.2) is 56.4 Å². The highest BCUT2D eigenvalue weighted by Crippen LogP contribution is 2.55. The molecule has 3 aliphatic heterocycles. The van der Waals surface area contributed by atoms with E-state index in [9.17, 15) is 4.79 Å². The van der Waals surface area contributed by atoms with E-state index in [-0.39, 0.29) is 11.5 Å². The van der Waals surface area contributed by atoms with Crippen LogP contribution >= 0.6 is 0 Å². The van der Waals surface area contributed by atoms with Crippen molar-refractivity contribution in [3.05, 3.63) is 23.8 Å².